The van der Waals surface area contributed by atoms with Crippen molar-refractivity contribution in [3.05, 3.63) is 47.5 Å². The first-order valence-electron chi connectivity index (χ1n) is 17.0. The lowest BCUT2D eigenvalue weighted by atomic mass is 9.52. The number of rotatable bonds is 6. The molecular formula is C35H44N8O5. The first kappa shape index (κ1) is 32.2. The molecule has 48 heavy (non-hydrogen) atoms. The number of nitrogens with one attached hydrogen (secondary N) is 2. The van der Waals surface area contributed by atoms with Crippen LogP contribution in [0.1, 0.15) is 91.1 Å². The van der Waals surface area contributed by atoms with Crippen LogP contribution in [-0.4, -0.2) is 107 Å². The molecule has 13 heteroatoms. The molecule has 1 unspecified atom stereocenters. The van der Waals surface area contributed by atoms with E-state index in [0.29, 0.717) is 17.2 Å². The quantitative estimate of drug-likeness (QED) is 0.444. The maximum Gasteiger partial charge on any atom is 0.289 e. The third kappa shape index (κ3) is 5.71. The van der Waals surface area contributed by atoms with Crippen LogP contribution in [0.3, 0.4) is 0 Å². The molecule has 254 valence electrons. The number of anilines is 2. The van der Waals surface area contributed by atoms with Gasteiger partial charge in [0, 0.05) is 63.5 Å². The number of nitrogens with zero attached hydrogens (tertiary/aromatic N) is 6. The minimum atomic E-state index is -0.967. The fourth-order valence-electron chi connectivity index (χ4n) is 8.98. The van der Waals surface area contributed by atoms with Gasteiger partial charge in [-0.2, -0.15) is 0 Å². The monoisotopic (exact) mass is 656 g/mol. The van der Waals surface area contributed by atoms with Crippen LogP contribution in [0.5, 0.6) is 0 Å². The fraction of sp³-hybridized carbons (Fsp3) is 0.571. The van der Waals surface area contributed by atoms with Gasteiger partial charge in [-0.25, -0.2) is 9.97 Å². The van der Waals surface area contributed by atoms with Crippen molar-refractivity contribution in [1.29, 1.82) is 0 Å². The van der Waals surface area contributed by atoms with Gasteiger partial charge in [-0.3, -0.25) is 39.1 Å². The number of piperidine rings is 2. The number of imide groups is 2. The Hall–Kier alpha value is -4.39. The third-order valence-electron chi connectivity index (χ3n) is 11.0. The highest BCUT2D eigenvalue weighted by molar-refractivity contribution is 6.23. The average molecular weight is 657 g/mol. The van der Waals surface area contributed by atoms with Crippen molar-refractivity contribution in [2.75, 3.05) is 49.1 Å². The van der Waals surface area contributed by atoms with E-state index < -0.39 is 23.8 Å². The largest absolute Gasteiger partial charge is 0.371 e. The summed E-state index contributed by atoms with van der Waals surface area (Å²) in [6, 6.07) is 4.90. The molecule has 4 fully saturated rings. The van der Waals surface area contributed by atoms with Gasteiger partial charge >= 0.3 is 0 Å². The van der Waals surface area contributed by atoms with Gasteiger partial charge in [0.1, 0.15) is 6.04 Å². The first-order valence-corrected chi connectivity index (χ1v) is 17.0. The van der Waals surface area contributed by atoms with E-state index in [9.17, 15) is 24.0 Å². The average Bonchev–Trinajstić information content (AvgIpc) is 3.31. The Balaban J connectivity index is 0.902. The van der Waals surface area contributed by atoms with Crippen molar-refractivity contribution in [2.24, 2.45) is 10.8 Å². The van der Waals surface area contributed by atoms with Crippen molar-refractivity contribution in [1.82, 2.24) is 30.4 Å². The topological polar surface area (TPSA) is 148 Å². The van der Waals surface area contributed by atoms with Gasteiger partial charge in [0.25, 0.3) is 17.7 Å². The number of aromatic nitrogens is 2. The second-order valence-corrected chi connectivity index (χ2v) is 15.2. The molecule has 3 saturated heterocycles. The second kappa shape index (κ2) is 11.9. The first-order chi connectivity index (χ1) is 22.8. The highest BCUT2D eigenvalue weighted by atomic mass is 16.2. The van der Waals surface area contributed by atoms with Gasteiger partial charge in [0.2, 0.25) is 17.6 Å². The Morgan fingerprint density at radius 2 is 1.44 bits per heavy atom. The molecule has 0 bridgehead atoms. The lowest BCUT2D eigenvalue weighted by Gasteiger charge is -2.57. The van der Waals surface area contributed by atoms with Crippen LogP contribution >= 0.6 is 0 Å². The van der Waals surface area contributed by atoms with E-state index in [1.165, 1.54) is 0 Å². The number of benzene rings is 1. The van der Waals surface area contributed by atoms with Crippen LogP contribution in [0.2, 0.25) is 0 Å². The van der Waals surface area contributed by atoms with Crippen LogP contribution in [0.4, 0.5) is 11.4 Å². The van der Waals surface area contributed by atoms with E-state index >= 15 is 0 Å². The summed E-state index contributed by atoms with van der Waals surface area (Å²) in [5, 5.41) is 5.40. The molecule has 5 amide bonds. The summed E-state index contributed by atoms with van der Waals surface area (Å²) in [6.45, 7) is 13.9. The predicted molar refractivity (Wildman–Crippen MR) is 178 cm³/mol. The van der Waals surface area contributed by atoms with Crippen molar-refractivity contribution in [3.63, 3.8) is 0 Å². The second-order valence-electron chi connectivity index (χ2n) is 15.2. The Morgan fingerprint density at radius 1 is 0.812 bits per heavy atom. The summed E-state index contributed by atoms with van der Waals surface area (Å²) in [5.74, 6) is -1.98. The molecule has 5 heterocycles. The highest BCUT2D eigenvalue weighted by Gasteiger charge is 2.53. The number of amides is 5. The summed E-state index contributed by atoms with van der Waals surface area (Å²) in [6.07, 6.45) is 6.77. The van der Waals surface area contributed by atoms with Crippen molar-refractivity contribution in [2.45, 2.75) is 77.9 Å². The number of hydrogen-bond acceptors (Lipinski definition) is 10. The minimum absolute atomic E-state index is 0.0580. The van der Waals surface area contributed by atoms with Gasteiger partial charge in [0.05, 0.1) is 29.2 Å². The summed E-state index contributed by atoms with van der Waals surface area (Å²) in [4.78, 5) is 80.1. The molecule has 2 N–H and O–H groups in total. The van der Waals surface area contributed by atoms with E-state index in [2.05, 4.69) is 63.0 Å². The van der Waals surface area contributed by atoms with Gasteiger partial charge in [-0.15, -0.1) is 0 Å². The smallest absolute Gasteiger partial charge is 0.289 e. The Labute approximate surface area is 280 Å². The molecule has 1 aliphatic carbocycles. The number of carbonyl (C=O) groups excluding carboxylic acids is 5. The van der Waals surface area contributed by atoms with Crippen LogP contribution in [-0.2, 0) is 9.59 Å². The molecular weight excluding hydrogens is 612 g/mol. The maximum absolute atomic E-state index is 13.3. The summed E-state index contributed by atoms with van der Waals surface area (Å²) in [5.41, 5.74) is 2.53. The summed E-state index contributed by atoms with van der Waals surface area (Å²) in [7, 11) is 0. The normalized spacial score (nSPS) is 24.8. The van der Waals surface area contributed by atoms with Crippen molar-refractivity contribution < 1.29 is 24.0 Å². The van der Waals surface area contributed by atoms with E-state index in [4.69, 9.17) is 0 Å². The maximum atomic E-state index is 13.3. The highest BCUT2D eigenvalue weighted by Crippen LogP contribution is 2.53. The number of piperazine rings is 1. The number of fused-ring (bicyclic) bond motifs is 1. The Morgan fingerprint density at radius 3 is 2.06 bits per heavy atom. The van der Waals surface area contributed by atoms with Crippen LogP contribution in [0, 0.1) is 10.8 Å². The molecule has 0 radical (unpaired) electrons. The zero-order chi connectivity index (χ0) is 34.0. The summed E-state index contributed by atoms with van der Waals surface area (Å²) < 4.78 is 0. The van der Waals surface area contributed by atoms with E-state index in [1.54, 1.807) is 24.5 Å². The molecule has 2 aromatic rings. The fourth-order valence-corrected chi connectivity index (χ4v) is 8.98. The molecule has 5 aliphatic rings. The van der Waals surface area contributed by atoms with E-state index in [1.807, 2.05) is 6.07 Å². The molecule has 1 aromatic heterocycles. The lowest BCUT2D eigenvalue weighted by molar-refractivity contribution is -0.136. The molecule has 1 saturated carbocycles. The molecule has 1 atom stereocenters. The molecule has 13 nitrogen and oxygen atoms in total. The van der Waals surface area contributed by atoms with Crippen LogP contribution in [0.25, 0.3) is 0 Å². The molecule has 4 aliphatic heterocycles. The van der Waals surface area contributed by atoms with Gasteiger partial charge in [-0.05, 0) is 54.7 Å². The van der Waals surface area contributed by atoms with Crippen molar-refractivity contribution in [3.8, 4) is 0 Å². The molecule has 7 rings (SSSR count). The van der Waals surface area contributed by atoms with Crippen LogP contribution in [0.15, 0.2) is 30.6 Å². The number of carbonyl (C=O) groups is 5. The Bertz CT molecular complexity index is 1640. The summed E-state index contributed by atoms with van der Waals surface area (Å²) >= 11 is 0. The Kier molecular flexibility index (Phi) is 8.00. The predicted octanol–water partition coefficient (Wildman–Crippen LogP) is 2.22. The zero-order valence-electron chi connectivity index (χ0n) is 28.1. The zero-order valence-corrected chi connectivity index (χ0v) is 28.1. The van der Waals surface area contributed by atoms with Gasteiger partial charge in [0.15, 0.2) is 0 Å². The molecule has 1 aromatic carbocycles. The third-order valence-corrected chi connectivity index (χ3v) is 11.0. The van der Waals surface area contributed by atoms with Gasteiger partial charge < -0.3 is 15.1 Å². The molecule has 0 spiro atoms. The van der Waals surface area contributed by atoms with E-state index in [-0.39, 0.29) is 47.4 Å². The van der Waals surface area contributed by atoms with E-state index in [0.717, 1.165) is 74.8 Å². The van der Waals surface area contributed by atoms with Crippen molar-refractivity contribution >= 4 is 40.9 Å². The lowest BCUT2D eigenvalue weighted by Crippen LogP contribution is -2.63. The van der Waals surface area contributed by atoms with Crippen LogP contribution < -0.4 is 20.4 Å². The standard InChI is InChI=1S/C35H44N8O5/c1-34(2)20-35(3,4)33(34)39-30(46)28-36-18-23(19-37-28)42-15-13-41(14-16-42)21-9-11-40(12-10-21)22-5-6-24-25(17-22)32(48)43(31(24)47)26-7-8-27(44)38-29(26)45/h5-6,17-19,21,26,33H,7-16,20H2,1-4H3,(H,39,46)(H,38,44,45). The minimum Gasteiger partial charge on any atom is -0.371 e. The van der Waals surface area contributed by atoms with Gasteiger partial charge in [-0.1, -0.05) is 27.7 Å². The number of hydrogen-bond donors (Lipinski definition) is 2. The SMILES string of the molecule is CC1(C)CC(C)(C)C1NC(=O)c1ncc(N2CCN(C3CCN(c4ccc5c(c4)C(=O)N(C4CCC(=O)NC4=O)C5=O)CC3)CC2)cn1.